The van der Waals surface area contributed by atoms with Crippen molar-refractivity contribution in [2.45, 2.75) is 43.7 Å². The monoisotopic (exact) mass is 360 g/mol. The van der Waals surface area contributed by atoms with Gasteiger partial charge in [-0.1, -0.05) is 11.6 Å². The zero-order valence-corrected chi connectivity index (χ0v) is 15.3. The van der Waals surface area contributed by atoms with E-state index in [2.05, 4.69) is 24.4 Å². The number of fused-ring (bicyclic) bond motifs is 3. The third-order valence-electron chi connectivity index (χ3n) is 5.22. The Morgan fingerprint density at radius 3 is 2.96 bits per heavy atom. The molecule has 1 unspecified atom stereocenters. The van der Waals surface area contributed by atoms with Crippen LogP contribution in [0.2, 0.25) is 0 Å². The lowest BCUT2D eigenvalue weighted by atomic mass is 9.86. The number of ether oxygens (including phenoxy) is 2. The van der Waals surface area contributed by atoms with E-state index >= 15 is 0 Å². The molecule has 1 aromatic carbocycles. The second-order valence-electron chi connectivity index (χ2n) is 7.08. The Labute approximate surface area is 151 Å². The predicted molar refractivity (Wildman–Crippen MR) is 96.2 cm³/mol. The number of nitrogens with zero attached hydrogens (tertiary/aromatic N) is 1. The maximum atomic E-state index is 11.9. The molecule has 6 heteroatoms. The molecule has 2 aliphatic heterocycles. The smallest absolute Gasteiger partial charge is 0.323 e. The van der Waals surface area contributed by atoms with Gasteiger partial charge in [0.15, 0.2) is 0 Å². The van der Waals surface area contributed by atoms with Crippen LogP contribution in [0.5, 0.6) is 5.75 Å². The van der Waals surface area contributed by atoms with Crippen LogP contribution in [0.1, 0.15) is 35.0 Å². The molecule has 0 radical (unpaired) electrons. The number of benzene rings is 1. The number of nitrogens with one attached hydrogen (secondary N) is 1. The topological polar surface area (TPSA) is 60.5 Å². The van der Waals surface area contributed by atoms with Gasteiger partial charge in [0.2, 0.25) is 0 Å². The van der Waals surface area contributed by atoms with E-state index < -0.39 is 5.60 Å². The normalized spacial score (nSPS) is 28.0. The third-order valence-corrected chi connectivity index (χ3v) is 5.59. The van der Waals surface area contributed by atoms with E-state index in [0.29, 0.717) is 19.4 Å². The van der Waals surface area contributed by atoms with Crippen LogP contribution in [0.4, 0.5) is 0 Å². The van der Waals surface area contributed by atoms with Gasteiger partial charge in [-0.05, 0) is 26.0 Å². The van der Waals surface area contributed by atoms with Gasteiger partial charge in [-0.15, -0.1) is 11.6 Å². The highest BCUT2D eigenvalue weighted by molar-refractivity contribution is 6.22. The first-order valence-electron chi connectivity index (χ1n) is 8.47. The van der Waals surface area contributed by atoms with Gasteiger partial charge in [0.1, 0.15) is 17.4 Å². The van der Waals surface area contributed by atoms with Crippen molar-refractivity contribution in [1.82, 2.24) is 10.3 Å². The van der Waals surface area contributed by atoms with E-state index in [-0.39, 0.29) is 17.4 Å². The van der Waals surface area contributed by atoms with Gasteiger partial charge in [0, 0.05) is 30.3 Å². The van der Waals surface area contributed by atoms with Crippen molar-refractivity contribution in [3.8, 4) is 5.75 Å². The van der Waals surface area contributed by atoms with E-state index in [1.807, 2.05) is 13.0 Å². The summed E-state index contributed by atoms with van der Waals surface area (Å²) in [5.41, 5.74) is 3.45. The molecule has 1 fully saturated rings. The molecule has 3 heterocycles. The van der Waals surface area contributed by atoms with Crippen molar-refractivity contribution in [2.75, 3.05) is 13.7 Å². The Morgan fingerprint density at radius 2 is 2.20 bits per heavy atom. The molecule has 132 valence electrons. The molecule has 1 spiro atoms. The average molecular weight is 361 g/mol. The predicted octanol–water partition coefficient (Wildman–Crippen LogP) is 3.19. The molecule has 2 aliphatic rings. The fourth-order valence-corrected chi connectivity index (χ4v) is 4.50. The van der Waals surface area contributed by atoms with Gasteiger partial charge in [-0.3, -0.25) is 4.79 Å². The zero-order chi connectivity index (χ0) is 17.8. The van der Waals surface area contributed by atoms with Crippen LogP contribution in [0.3, 0.4) is 0 Å². The molecular formula is C19H21ClN2O3. The molecule has 1 saturated heterocycles. The quantitative estimate of drug-likeness (QED) is 0.625. The summed E-state index contributed by atoms with van der Waals surface area (Å²) in [7, 11) is 1.40. The van der Waals surface area contributed by atoms with Gasteiger partial charge >= 0.3 is 5.97 Å². The SMILES string of the molecule is COC(=O)[C@@H]1C[C@@]2(CN1)CC(Cl)c1c(c(C)nc3ccc(C)cc13)O2. The molecule has 4 rings (SSSR count). The summed E-state index contributed by atoms with van der Waals surface area (Å²) in [6.07, 6.45) is 1.20. The highest BCUT2D eigenvalue weighted by atomic mass is 35.5. The second kappa shape index (κ2) is 5.85. The fourth-order valence-electron chi connectivity index (χ4n) is 4.01. The van der Waals surface area contributed by atoms with Gasteiger partial charge in [0.05, 0.1) is 23.7 Å². The number of hydrogen-bond donors (Lipinski definition) is 1. The summed E-state index contributed by atoms with van der Waals surface area (Å²) >= 11 is 6.83. The van der Waals surface area contributed by atoms with E-state index in [1.54, 1.807) is 0 Å². The van der Waals surface area contributed by atoms with Crippen LogP contribution >= 0.6 is 11.6 Å². The maximum Gasteiger partial charge on any atom is 0.323 e. The number of methoxy groups -OCH3 is 1. The summed E-state index contributed by atoms with van der Waals surface area (Å²) in [5.74, 6) is 0.498. The molecule has 1 aromatic heterocycles. The van der Waals surface area contributed by atoms with E-state index in [4.69, 9.17) is 26.1 Å². The summed E-state index contributed by atoms with van der Waals surface area (Å²) in [4.78, 5) is 16.6. The fraction of sp³-hybridized carbons (Fsp3) is 0.474. The Morgan fingerprint density at radius 1 is 1.40 bits per heavy atom. The van der Waals surface area contributed by atoms with Gasteiger partial charge in [-0.2, -0.15) is 0 Å². The van der Waals surface area contributed by atoms with Crippen molar-refractivity contribution >= 4 is 28.5 Å². The number of carbonyl (C=O) groups is 1. The van der Waals surface area contributed by atoms with Crippen molar-refractivity contribution in [1.29, 1.82) is 0 Å². The molecule has 0 bridgehead atoms. The molecule has 25 heavy (non-hydrogen) atoms. The van der Waals surface area contributed by atoms with Crippen molar-refractivity contribution < 1.29 is 14.3 Å². The minimum Gasteiger partial charge on any atom is -0.484 e. The minimum atomic E-state index is -0.498. The molecule has 0 aliphatic carbocycles. The largest absolute Gasteiger partial charge is 0.484 e. The third kappa shape index (κ3) is 2.66. The number of aromatic nitrogens is 1. The Balaban J connectivity index is 1.78. The first kappa shape index (κ1) is 16.6. The molecule has 1 N–H and O–H groups in total. The molecule has 0 saturated carbocycles. The number of esters is 1. The maximum absolute atomic E-state index is 11.9. The Bertz CT molecular complexity index is 869. The lowest BCUT2D eigenvalue weighted by Gasteiger charge is -2.38. The minimum absolute atomic E-state index is 0.187. The highest BCUT2D eigenvalue weighted by Crippen LogP contribution is 2.49. The first-order valence-corrected chi connectivity index (χ1v) is 8.91. The van der Waals surface area contributed by atoms with E-state index in [1.165, 1.54) is 7.11 Å². The molecule has 5 nitrogen and oxygen atoms in total. The van der Waals surface area contributed by atoms with Crippen molar-refractivity contribution in [3.63, 3.8) is 0 Å². The van der Waals surface area contributed by atoms with Crippen LogP contribution in [0, 0.1) is 13.8 Å². The van der Waals surface area contributed by atoms with E-state index in [9.17, 15) is 4.79 Å². The van der Waals surface area contributed by atoms with Crippen LogP contribution in [-0.2, 0) is 9.53 Å². The summed E-state index contributed by atoms with van der Waals surface area (Å²) in [6.45, 7) is 4.57. The Kier molecular flexibility index (Phi) is 3.89. The van der Waals surface area contributed by atoms with Crippen LogP contribution in [0.25, 0.3) is 10.9 Å². The number of rotatable bonds is 1. The zero-order valence-electron chi connectivity index (χ0n) is 14.6. The first-order chi connectivity index (χ1) is 11.9. The lowest BCUT2D eigenvalue weighted by Crippen LogP contribution is -2.42. The molecule has 3 atom stereocenters. The number of hydrogen-bond acceptors (Lipinski definition) is 5. The average Bonchev–Trinajstić information content (AvgIpc) is 2.98. The van der Waals surface area contributed by atoms with Gasteiger partial charge < -0.3 is 14.8 Å². The summed E-state index contributed by atoms with van der Waals surface area (Å²) < 4.78 is 11.3. The standard InChI is InChI=1S/C19H21ClN2O3/c1-10-4-5-14-12(6-10)16-13(20)7-19(25-17(16)11(2)22-14)8-15(21-9-19)18(23)24-3/h4-6,13,15,21H,7-9H2,1-3H3/t13?,15-,19+/m0/s1. The summed E-state index contributed by atoms with van der Waals surface area (Å²) in [5, 5.41) is 4.07. The van der Waals surface area contributed by atoms with Crippen LogP contribution in [-0.4, -0.2) is 36.3 Å². The summed E-state index contributed by atoms with van der Waals surface area (Å²) in [6, 6.07) is 5.83. The van der Waals surface area contributed by atoms with Crippen molar-refractivity contribution in [3.05, 3.63) is 35.0 Å². The van der Waals surface area contributed by atoms with Gasteiger partial charge in [-0.25, -0.2) is 4.98 Å². The van der Waals surface area contributed by atoms with Crippen molar-refractivity contribution in [2.24, 2.45) is 0 Å². The second-order valence-corrected chi connectivity index (χ2v) is 7.60. The lowest BCUT2D eigenvalue weighted by molar-refractivity contribution is -0.143. The highest BCUT2D eigenvalue weighted by Gasteiger charge is 2.49. The number of halogens is 1. The number of pyridine rings is 1. The number of carbonyl (C=O) groups excluding carboxylic acids is 1. The molecule has 2 aromatic rings. The van der Waals surface area contributed by atoms with Gasteiger partial charge in [0.25, 0.3) is 0 Å². The number of alkyl halides is 1. The Hall–Kier alpha value is -1.85. The van der Waals surface area contributed by atoms with E-state index in [0.717, 1.165) is 33.5 Å². The number of aryl methyl sites for hydroxylation is 2. The van der Waals surface area contributed by atoms with Crippen LogP contribution < -0.4 is 10.1 Å². The van der Waals surface area contributed by atoms with Crippen LogP contribution in [0.15, 0.2) is 18.2 Å². The molecular weight excluding hydrogens is 340 g/mol. The molecule has 0 amide bonds.